The summed E-state index contributed by atoms with van der Waals surface area (Å²) in [4.78, 5) is 29.1. The Labute approximate surface area is 171 Å². The van der Waals surface area contributed by atoms with Crippen molar-refractivity contribution in [1.82, 2.24) is 5.32 Å². The summed E-state index contributed by atoms with van der Waals surface area (Å²) in [7, 11) is 0. The van der Waals surface area contributed by atoms with Crippen LogP contribution in [0.2, 0.25) is 0 Å². The van der Waals surface area contributed by atoms with E-state index in [4.69, 9.17) is 9.15 Å². The van der Waals surface area contributed by atoms with Crippen LogP contribution in [0.3, 0.4) is 0 Å². The van der Waals surface area contributed by atoms with Gasteiger partial charge in [0, 0.05) is 0 Å². The number of amidine groups is 1. The smallest absolute Gasteiger partial charge is 0.379 e. The molecule has 144 valence electrons. The van der Waals surface area contributed by atoms with E-state index in [-0.39, 0.29) is 11.7 Å². The highest BCUT2D eigenvalue weighted by Gasteiger charge is 2.23. The number of carbonyl (C=O) groups is 2. The largest absolute Gasteiger partial charge is 0.457 e. The van der Waals surface area contributed by atoms with Gasteiger partial charge in [-0.15, -0.1) is 0 Å². The van der Waals surface area contributed by atoms with Crippen molar-refractivity contribution < 1.29 is 18.7 Å². The fourth-order valence-electron chi connectivity index (χ4n) is 2.55. The molecule has 0 atom stereocenters. The third-order valence-corrected chi connectivity index (χ3v) is 4.94. The number of aliphatic imine (C=N–C) groups is 1. The first-order valence-electron chi connectivity index (χ1n) is 8.79. The molecule has 6 nitrogen and oxygen atoms in total. The van der Waals surface area contributed by atoms with E-state index in [9.17, 15) is 9.59 Å². The van der Waals surface area contributed by atoms with Crippen LogP contribution in [0.15, 0.2) is 81.2 Å². The van der Waals surface area contributed by atoms with Crippen molar-refractivity contribution in [3.63, 3.8) is 0 Å². The number of thioether (sulfide) groups is 1. The minimum absolute atomic E-state index is 0.135. The summed E-state index contributed by atoms with van der Waals surface area (Å²) in [5.41, 5.74) is 2.73. The second kappa shape index (κ2) is 8.20. The SMILES string of the molecule is Cc1ccc(N=C2NC(=O)/C(=C/c3ccc(OC(=O)c4ccco4)cc3)S2)cc1. The van der Waals surface area contributed by atoms with E-state index in [2.05, 4.69) is 10.3 Å². The van der Waals surface area contributed by atoms with Gasteiger partial charge in [0.25, 0.3) is 5.91 Å². The molecule has 0 saturated carbocycles. The monoisotopic (exact) mass is 404 g/mol. The number of furan rings is 1. The molecule has 0 radical (unpaired) electrons. The van der Waals surface area contributed by atoms with E-state index < -0.39 is 5.97 Å². The minimum atomic E-state index is -0.566. The highest BCUT2D eigenvalue weighted by atomic mass is 32.2. The number of amides is 1. The topological polar surface area (TPSA) is 80.9 Å². The van der Waals surface area contributed by atoms with Crippen LogP contribution < -0.4 is 10.1 Å². The van der Waals surface area contributed by atoms with Crippen LogP contribution in [0.4, 0.5) is 5.69 Å². The molecule has 1 amide bonds. The Balaban J connectivity index is 1.44. The van der Waals surface area contributed by atoms with Gasteiger partial charge in [0.15, 0.2) is 5.17 Å². The molecular formula is C22H16N2O4S. The van der Waals surface area contributed by atoms with E-state index in [1.54, 1.807) is 36.4 Å². The molecule has 29 heavy (non-hydrogen) atoms. The lowest BCUT2D eigenvalue weighted by Gasteiger charge is -2.02. The van der Waals surface area contributed by atoms with Gasteiger partial charge in [0.1, 0.15) is 5.75 Å². The van der Waals surface area contributed by atoms with Crippen molar-refractivity contribution in [2.24, 2.45) is 4.99 Å². The molecule has 1 aliphatic heterocycles. The average Bonchev–Trinajstić information content (AvgIpc) is 3.36. The number of aryl methyl sites for hydroxylation is 1. The lowest BCUT2D eigenvalue weighted by Crippen LogP contribution is -2.19. The Morgan fingerprint density at radius 3 is 2.55 bits per heavy atom. The Hall–Kier alpha value is -3.58. The van der Waals surface area contributed by atoms with Crippen LogP contribution in [0, 0.1) is 6.92 Å². The Kier molecular flexibility index (Phi) is 5.31. The Morgan fingerprint density at radius 2 is 1.86 bits per heavy atom. The lowest BCUT2D eigenvalue weighted by molar-refractivity contribution is -0.115. The van der Waals surface area contributed by atoms with Gasteiger partial charge >= 0.3 is 5.97 Å². The van der Waals surface area contributed by atoms with Crippen molar-refractivity contribution in [2.75, 3.05) is 0 Å². The quantitative estimate of drug-likeness (QED) is 0.387. The fourth-order valence-corrected chi connectivity index (χ4v) is 3.39. The second-order valence-corrected chi connectivity index (χ2v) is 7.28. The fraction of sp³-hybridized carbons (Fsp3) is 0.0455. The maximum atomic E-state index is 12.2. The van der Waals surface area contributed by atoms with Crippen LogP contribution in [0.25, 0.3) is 6.08 Å². The van der Waals surface area contributed by atoms with Gasteiger partial charge < -0.3 is 14.5 Å². The number of carbonyl (C=O) groups excluding carboxylic acids is 2. The summed E-state index contributed by atoms with van der Waals surface area (Å²) in [6.07, 6.45) is 3.17. The molecule has 0 spiro atoms. The predicted octanol–water partition coefficient (Wildman–Crippen LogP) is 4.70. The summed E-state index contributed by atoms with van der Waals surface area (Å²) in [6.45, 7) is 2.01. The number of rotatable bonds is 4. The molecule has 1 N–H and O–H groups in total. The van der Waals surface area contributed by atoms with Crippen molar-refractivity contribution in [3.05, 3.63) is 88.7 Å². The van der Waals surface area contributed by atoms with Crippen molar-refractivity contribution >= 4 is 40.6 Å². The van der Waals surface area contributed by atoms with Gasteiger partial charge in [0.05, 0.1) is 16.9 Å². The zero-order chi connectivity index (χ0) is 20.2. The molecule has 2 heterocycles. The van der Waals surface area contributed by atoms with Crippen LogP contribution >= 0.6 is 11.8 Å². The minimum Gasteiger partial charge on any atom is -0.457 e. The maximum Gasteiger partial charge on any atom is 0.379 e. The molecule has 1 fully saturated rings. The number of benzene rings is 2. The van der Waals surface area contributed by atoms with Crippen molar-refractivity contribution in [1.29, 1.82) is 0 Å². The Morgan fingerprint density at radius 1 is 1.10 bits per heavy atom. The van der Waals surface area contributed by atoms with E-state index in [0.717, 1.165) is 16.8 Å². The highest BCUT2D eigenvalue weighted by Crippen LogP contribution is 2.28. The number of ether oxygens (including phenoxy) is 1. The van der Waals surface area contributed by atoms with E-state index in [1.165, 1.54) is 24.1 Å². The number of nitrogens with zero attached hydrogens (tertiary/aromatic N) is 1. The Bertz CT molecular complexity index is 1100. The van der Waals surface area contributed by atoms with E-state index >= 15 is 0 Å². The molecule has 3 aromatic rings. The zero-order valence-corrected chi connectivity index (χ0v) is 16.2. The number of esters is 1. The van der Waals surface area contributed by atoms with Gasteiger partial charge in [-0.05, 0) is 66.7 Å². The van der Waals surface area contributed by atoms with E-state index in [1.807, 2.05) is 31.2 Å². The summed E-state index contributed by atoms with van der Waals surface area (Å²) in [5.74, 6) is -0.243. The second-order valence-electron chi connectivity index (χ2n) is 6.25. The van der Waals surface area contributed by atoms with Gasteiger partial charge in [-0.25, -0.2) is 9.79 Å². The van der Waals surface area contributed by atoms with Gasteiger partial charge in [0.2, 0.25) is 5.76 Å². The van der Waals surface area contributed by atoms with E-state index in [0.29, 0.717) is 15.8 Å². The molecule has 0 aliphatic carbocycles. The molecule has 4 rings (SSSR count). The van der Waals surface area contributed by atoms with Crippen molar-refractivity contribution in [3.8, 4) is 5.75 Å². The third kappa shape index (κ3) is 4.64. The first kappa shape index (κ1) is 18.8. The van der Waals surface area contributed by atoms with Crippen LogP contribution in [-0.4, -0.2) is 17.0 Å². The van der Waals surface area contributed by atoms with Gasteiger partial charge in [-0.3, -0.25) is 4.79 Å². The zero-order valence-electron chi connectivity index (χ0n) is 15.4. The predicted molar refractivity (Wildman–Crippen MR) is 112 cm³/mol. The first-order chi connectivity index (χ1) is 14.1. The summed E-state index contributed by atoms with van der Waals surface area (Å²) < 4.78 is 10.2. The van der Waals surface area contributed by atoms with Gasteiger partial charge in [-0.2, -0.15) is 0 Å². The standard InChI is InChI=1S/C22H16N2O4S/c1-14-4-8-16(9-5-14)23-22-24-20(25)19(29-22)13-15-6-10-17(11-7-15)28-21(26)18-3-2-12-27-18/h2-13H,1H3,(H,23,24,25)/b19-13-. The lowest BCUT2D eigenvalue weighted by atomic mass is 10.2. The molecule has 1 aliphatic rings. The van der Waals surface area contributed by atoms with Crippen LogP contribution in [-0.2, 0) is 4.79 Å². The van der Waals surface area contributed by atoms with Crippen LogP contribution in [0.5, 0.6) is 5.75 Å². The summed E-state index contributed by atoms with van der Waals surface area (Å²) in [5, 5.41) is 3.30. The number of nitrogens with one attached hydrogen (secondary N) is 1. The summed E-state index contributed by atoms with van der Waals surface area (Å²) >= 11 is 1.28. The molecule has 7 heteroatoms. The number of hydrogen-bond donors (Lipinski definition) is 1. The summed E-state index contributed by atoms with van der Waals surface area (Å²) in [6, 6.07) is 17.7. The van der Waals surface area contributed by atoms with Crippen LogP contribution in [0.1, 0.15) is 21.7 Å². The third-order valence-electron chi connectivity index (χ3n) is 4.03. The normalized spacial score (nSPS) is 16.2. The first-order valence-corrected chi connectivity index (χ1v) is 9.60. The molecule has 0 unspecified atom stereocenters. The molecule has 0 bridgehead atoms. The molecule has 1 saturated heterocycles. The highest BCUT2D eigenvalue weighted by molar-refractivity contribution is 8.18. The molecule has 1 aromatic heterocycles. The average molecular weight is 404 g/mol. The number of hydrogen-bond acceptors (Lipinski definition) is 6. The molecule has 2 aromatic carbocycles. The van der Waals surface area contributed by atoms with Gasteiger partial charge in [-0.1, -0.05) is 29.8 Å². The van der Waals surface area contributed by atoms with Crippen molar-refractivity contribution in [2.45, 2.75) is 6.92 Å². The molecular weight excluding hydrogens is 388 g/mol. The maximum absolute atomic E-state index is 12.2.